The zero-order valence-electron chi connectivity index (χ0n) is 14.3. The fourth-order valence-electron chi connectivity index (χ4n) is 3.05. The lowest BCUT2D eigenvalue weighted by molar-refractivity contribution is 0.0946. The summed E-state index contributed by atoms with van der Waals surface area (Å²) in [5.41, 5.74) is 3.07. The lowest BCUT2D eigenvalue weighted by Gasteiger charge is -2.41. The van der Waals surface area contributed by atoms with Crippen LogP contribution in [-0.4, -0.2) is 61.6 Å². The van der Waals surface area contributed by atoms with Crippen molar-refractivity contribution in [3.8, 4) is 0 Å². The first-order valence-electron chi connectivity index (χ1n) is 7.91. The van der Waals surface area contributed by atoms with Crippen molar-refractivity contribution in [1.29, 1.82) is 0 Å². The van der Waals surface area contributed by atoms with Gasteiger partial charge in [-0.15, -0.1) is 0 Å². The summed E-state index contributed by atoms with van der Waals surface area (Å²) in [5.74, 6) is 0. The normalized spacial score (nSPS) is 21.4. The number of para-hydroxylation sites is 1. The second-order valence-electron chi connectivity index (χ2n) is 6.46. The van der Waals surface area contributed by atoms with Gasteiger partial charge in [0.25, 0.3) is 0 Å². The van der Waals surface area contributed by atoms with Crippen molar-refractivity contribution < 1.29 is 4.79 Å². The van der Waals surface area contributed by atoms with E-state index in [4.69, 9.17) is 0 Å². The van der Waals surface area contributed by atoms with Crippen LogP contribution in [0.2, 0.25) is 0 Å². The SMILES string of the molecule is Cc1cccc(C)c1NC(=O)NC(C)C1CN(C)CCN1C. The van der Waals surface area contributed by atoms with Gasteiger partial charge in [0.05, 0.1) is 0 Å². The molecular formula is C17H28N4O. The molecule has 122 valence electrons. The van der Waals surface area contributed by atoms with E-state index >= 15 is 0 Å². The number of benzene rings is 1. The number of piperazine rings is 1. The van der Waals surface area contributed by atoms with E-state index in [0.29, 0.717) is 6.04 Å². The summed E-state index contributed by atoms with van der Waals surface area (Å²) < 4.78 is 0. The van der Waals surface area contributed by atoms with Crippen LogP contribution in [0.5, 0.6) is 0 Å². The molecule has 0 radical (unpaired) electrons. The topological polar surface area (TPSA) is 47.6 Å². The molecule has 1 aliphatic heterocycles. The van der Waals surface area contributed by atoms with Crippen LogP contribution in [0.25, 0.3) is 0 Å². The number of nitrogens with zero attached hydrogens (tertiary/aromatic N) is 2. The maximum absolute atomic E-state index is 12.3. The summed E-state index contributed by atoms with van der Waals surface area (Å²) in [4.78, 5) is 16.9. The minimum Gasteiger partial charge on any atom is -0.334 e. The number of nitrogens with one attached hydrogen (secondary N) is 2. The number of urea groups is 1. The first-order chi connectivity index (χ1) is 10.4. The van der Waals surface area contributed by atoms with Crippen molar-refractivity contribution in [1.82, 2.24) is 15.1 Å². The molecule has 2 unspecified atom stereocenters. The highest BCUT2D eigenvalue weighted by Crippen LogP contribution is 2.19. The monoisotopic (exact) mass is 304 g/mol. The maximum atomic E-state index is 12.3. The van der Waals surface area contributed by atoms with Gasteiger partial charge in [-0.25, -0.2) is 4.79 Å². The van der Waals surface area contributed by atoms with Crippen LogP contribution in [0.3, 0.4) is 0 Å². The van der Waals surface area contributed by atoms with Crippen molar-refractivity contribution >= 4 is 11.7 Å². The summed E-state index contributed by atoms with van der Waals surface area (Å²) in [6.07, 6.45) is 0. The molecule has 1 saturated heterocycles. The van der Waals surface area contributed by atoms with Gasteiger partial charge in [0.1, 0.15) is 0 Å². The number of hydrogen-bond donors (Lipinski definition) is 2. The average molecular weight is 304 g/mol. The minimum atomic E-state index is -0.133. The number of anilines is 1. The fraction of sp³-hybridized carbons (Fsp3) is 0.588. The molecule has 0 aromatic heterocycles. The fourth-order valence-corrected chi connectivity index (χ4v) is 3.05. The van der Waals surface area contributed by atoms with E-state index in [2.05, 4.69) is 41.5 Å². The molecule has 2 rings (SSSR count). The zero-order valence-corrected chi connectivity index (χ0v) is 14.3. The number of aryl methyl sites for hydroxylation is 2. The first kappa shape index (κ1) is 16.8. The van der Waals surface area contributed by atoms with Gasteiger partial charge < -0.3 is 15.5 Å². The van der Waals surface area contributed by atoms with E-state index in [0.717, 1.165) is 36.4 Å². The highest BCUT2D eigenvalue weighted by atomic mass is 16.2. The molecule has 2 N–H and O–H groups in total. The van der Waals surface area contributed by atoms with E-state index in [1.54, 1.807) is 0 Å². The van der Waals surface area contributed by atoms with E-state index in [1.165, 1.54) is 0 Å². The number of rotatable bonds is 3. The summed E-state index contributed by atoms with van der Waals surface area (Å²) in [6, 6.07) is 6.32. The predicted octanol–water partition coefficient (Wildman–Crippen LogP) is 2.06. The Balaban J connectivity index is 1.96. The molecule has 0 aliphatic carbocycles. The van der Waals surface area contributed by atoms with Crippen molar-refractivity contribution in [3.63, 3.8) is 0 Å². The smallest absolute Gasteiger partial charge is 0.319 e. The molecule has 2 amide bonds. The molecule has 1 aromatic carbocycles. The van der Waals surface area contributed by atoms with Gasteiger partial charge in [-0.05, 0) is 46.0 Å². The van der Waals surface area contributed by atoms with E-state index in [1.807, 2.05) is 32.0 Å². The van der Waals surface area contributed by atoms with Gasteiger partial charge >= 0.3 is 6.03 Å². The third kappa shape index (κ3) is 3.99. The summed E-state index contributed by atoms with van der Waals surface area (Å²) in [5, 5.41) is 6.08. The summed E-state index contributed by atoms with van der Waals surface area (Å²) in [7, 11) is 4.25. The third-order valence-corrected chi connectivity index (χ3v) is 4.55. The van der Waals surface area contributed by atoms with Crippen LogP contribution in [-0.2, 0) is 0 Å². The van der Waals surface area contributed by atoms with Gasteiger partial charge in [0.2, 0.25) is 0 Å². The van der Waals surface area contributed by atoms with Gasteiger partial charge in [-0.2, -0.15) is 0 Å². The number of likely N-dealkylation sites (N-methyl/N-ethyl adjacent to an activating group) is 2. The van der Waals surface area contributed by atoms with E-state index < -0.39 is 0 Å². The largest absolute Gasteiger partial charge is 0.334 e. The molecule has 0 bridgehead atoms. The molecule has 1 aromatic rings. The standard InChI is InChI=1S/C17H28N4O/c1-12-7-6-8-13(2)16(12)19-17(22)18-14(3)15-11-20(4)9-10-21(15)5/h6-8,14-15H,9-11H2,1-5H3,(H2,18,19,22). The van der Waals surface area contributed by atoms with Crippen molar-refractivity contribution in [2.24, 2.45) is 0 Å². The van der Waals surface area contributed by atoms with Crippen LogP contribution in [0.4, 0.5) is 10.5 Å². The molecule has 0 saturated carbocycles. The Bertz CT molecular complexity index is 511. The van der Waals surface area contributed by atoms with E-state index in [9.17, 15) is 4.79 Å². The second-order valence-corrected chi connectivity index (χ2v) is 6.46. The Morgan fingerprint density at radius 1 is 1.23 bits per heavy atom. The second kappa shape index (κ2) is 7.11. The summed E-state index contributed by atoms with van der Waals surface area (Å²) in [6.45, 7) is 9.18. The van der Waals surface area contributed by atoms with Crippen LogP contribution in [0.1, 0.15) is 18.1 Å². The third-order valence-electron chi connectivity index (χ3n) is 4.55. The van der Waals surface area contributed by atoms with Gasteiger partial charge in [0.15, 0.2) is 0 Å². The highest BCUT2D eigenvalue weighted by Gasteiger charge is 2.28. The van der Waals surface area contributed by atoms with E-state index in [-0.39, 0.29) is 12.1 Å². The molecule has 5 heteroatoms. The molecule has 22 heavy (non-hydrogen) atoms. The van der Waals surface area contributed by atoms with Gasteiger partial charge in [-0.1, -0.05) is 18.2 Å². The predicted molar refractivity (Wildman–Crippen MR) is 91.4 cm³/mol. The maximum Gasteiger partial charge on any atom is 0.319 e. The highest BCUT2D eigenvalue weighted by molar-refractivity contribution is 5.91. The van der Waals surface area contributed by atoms with Crippen molar-refractivity contribution in [3.05, 3.63) is 29.3 Å². The minimum absolute atomic E-state index is 0.0945. The Kier molecular flexibility index (Phi) is 5.42. The van der Waals surface area contributed by atoms with Crippen LogP contribution in [0.15, 0.2) is 18.2 Å². The Morgan fingerprint density at radius 2 is 1.86 bits per heavy atom. The number of amides is 2. The molecule has 1 heterocycles. The Labute approximate surface area is 133 Å². The quantitative estimate of drug-likeness (QED) is 0.898. The molecular weight excluding hydrogens is 276 g/mol. The molecule has 0 spiro atoms. The van der Waals surface area contributed by atoms with Crippen LogP contribution >= 0.6 is 0 Å². The molecule has 2 atom stereocenters. The van der Waals surface area contributed by atoms with Crippen molar-refractivity contribution in [2.45, 2.75) is 32.9 Å². The molecule has 1 fully saturated rings. The zero-order chi connectivity index (χ0) is 16.3. The van der Waals surface area contributed by atoms with Crippen molar-refractivity contribution in [2.75, 3.05) is 39.0 Å². The van der Waals surface area contributed by atoms with Gasteiger partial charge in [0, 0.05) is 37.4 Å². The van der Waals surface area contributed by atoms with Crippen LogP contribution in [0, 0.1) is 13.8 Å². The number of hydrogen-bond acceptors (Lipinski definition) is 3. The number of carbonyl (C=O) groups excluding carboxylic acids is 1. The van der Waals surface area contributed by atoms with Gasteiger partial charge in [-0.3, -0.25) is 4.90 Å². The summed E-state index contributed by atoms with van der Waals surface area (Å²) >= 11 is 0. The number of carbonyl (C=O) groups is 1. The lowest BCUT2D eigenvalue weighted by Crippen LogP contribution is -2.58. The lowest BCUT2D eigenvalue weighted by atomic mass is 10.1. The van der Waals surface area contributed by atoms with Crippen LogP contribution < -0.4 is 10.6 Å². The first-order valence-corrected chi connectivity index (χ1v) is 7.91. The Hall–Kier alpha value is -1.59. The molecule has 1 aliphatic rings. The average Bonchev–Trinajstić information content (AvgIpc) is 2.45. The molecule has 5 nitrogen and oxygen atoms in total. The Morgan fingerprint density at radius 3 is 2.50 bits per heavy atom.